The number of hydrogen-bond acceptors (Lipinski definition) is 4. The zero-order valence-corrected chi connectivity index (χ0v) is 8.19. The van der Waals surface area contributed by atoms with E-state index in [1.807, 2.05) is 6.92 Å². The Bertz CT molecular complexity index is 271. The molecule has 12 heavy (non-hydrogen) atoms. The predicted molar refractivity (Wildman–Crippen MR) is 50.5 cm³/mol. The van der Waals surface area contributed by atoms with E-state index < -0.39 is 0 Å². The molecule has 3 nitrogen and oxygen atoms in total. The summed E-state index contributed by atoms with van der Waals surface area (Å²) < 4.78 is 0. The van der Waals surface area contributed by atoms with Gasteiger partial charge >= 0.3 is 0 Å². The molecule has 2 unspecified atom stereocenters. The zero-order valence-electron chi connectivity index (χ0n) is 7.37. The van der Waals surface area contributed by atoms with Crippen molar-refractivity contribution >= 4 is 16.5 Å². The minimum absolute atomic E-state index is 0.669. The summed E-state index contributed by atoms with van der Waals surface area (Å²) in [7, 11) is 0. The Morgan fingerprint density at radius 3 is 2.92 bits per heavy atom. The van der Waals surface area contributed by atoms with Gasteiger partial charge in [0.2, 0.25) is 5.13 Å². The lowest BCUT2D eigenvalue weighted by Crippen LogP contribution is -2.03. The maximum absolute atomic E-state index is 4.02. The van der Waals surface area contributed by atoms with Gasteiger partial charge < -0.3 is 5.32 Å². The van der Waals surface area contributed by atoms with Crippen molar-refractivity contribution in [3.8, 4) is 0 Å². The highest BCUT2D eigenvalue weighted by Gasteiger charge is 2.35. The summed E-state index contributed by atoms with van der Waals surface area (Å²) in [5, 5.41) is 13.4. The van der Waals surface area contributed by atoms with Gasteiger partial charge in [-0.15, -0.1) is 10.2 Å². The van der Waals surface area contributed by atoms with Crippen LogP contribution in [0.15, 0.2) is 0 Å². The minimum atomic E-state index is 0.669. The Hall–Kier alpha value is -0.640. The van der Waals surface area contributed by atoms with Crippen LogP contribution in [0.5, 0.6) is 0 Å². The van der Waals surface area contributed by atoms with Crippen LogP contribution in [0.3, 0.4) is 0 Å². The molecule has 0 amide bonds. The van der Waals surface area contributed by atoms with E-state index in [0.29, 0.717) is 6.04 Å². The third kappa shape index (κ3) is 1.58. The molecule has 0 aromatic carbocycles. The van der Waals surface area contributed by atoms with Gasteiger partial charge in [-0.3, -0.25) is 0 Å². The largest absolute Gasteiger partial charge is 0.357 e. The fourth-order valence-corrected chi connectivity index (χ4v) is 2.04. The Kier molecular flexibility index (Phi) is 2.00. The summed E-state index contributed by atoms with van der Waals surface area (Å²) in [5.41, 5.74) is 0. The van der Waals surface area contributed by atoms with Gasteiger partial charge in [-0.2, -0.15) is 0 Å². The number of hydrogen-bond donors (Lipinski definition) is 1. The van der Waals surface area contributed by atoms with Crippen LogP contribution in [0.2, 0.25) is 0 Å². The summed E-state index contributed by atoms with van der Waals surface area (Å²) >= 11 is 1.64. The van der Waals surface area contributed by atoms with E-state index in [-0.39, 0.29) is 0 Å². The van der Waals surface area contributed by atoms with Crippen LogP contribution < -0.4 is 5.32 Å². The topological polar surface area (TPSA) is 37.8 Å². The monoisotopic (exact) mass is 183 g/mol. The normalized spacial score (nSPS) is 27.2. The van der Waals surface area contributed by atoms with Gasteiger partial charge in [0.25, 0.3) is 0 Å². The number of aryl methyl sites for hydroxylation is 1. The lowest BCUT2D eigenvalue weighted by Gasteiger charge is -1.97. The molecule has 1 aliphatic rings. The van der Waals surface area contributed by atoms with E-state index in [1.165, 1.54) is 12.8 Å². The van der Waals surface area contributed by atoms with Gasteiger partial charge in [0.05, 0.1) is 0 Å². The molecule has 0 aliphatic heterocycles. The molecular formula is C8H13N3S. The van der Waals surface area contributed by atoms with Crippen LogP contribution >= 0.6 is 11.3 Å². The van der Waals surface area contributed by atoms with Crippen LogP contribution in [-0.2, 0) is 0 Å². The molecule has 0 spiro atoms. The van der Waals surface area contributed by atoms with Crippen LogP contribution in [0.25, 0.3) is 0 Å². The van der Waals surface area contributed by atoms with Crippen molar-refractivity contribution in [2.75, 3.05) is 5.32 Å². The first-order valence-electron chi connectivity index (χ1n) is 4.36. The first-order valence-corrected chi connectivity index (χ1v) is 5.18. The van der Waals surface area contributed by atoms with E-state index in [0.717, 1.165) is 16.1 Å². The van der Waals surface area contributed by atoms with Crippen LogP contribution in [0.1, 0.15) is 24.8 Å². The number of nitrogens with one attached hydrogen (secondary N) is 1. The van der Waals surface area contributed by atoms with E-state index in [1.54, 1.807) is 11.3 Å². The molecular weight excluding hydrogens is 170 g/mol. The molecule has 1 fully saturated rings. The molecule has 4 heteroatoms. The van der Waals surface area contributed by atoms with Gasteiger partial charge in [-0.25, -0.2) is 0 Å². The SMILES string of the molecule is CCC1CC1Nc1nnc(C)s1. The predicted octanol–water partition coefficient (Wildman–Crippen LogP) is 2.06. The maximum Gasteiger partial charge on any atom is 0.205 e. The zero-order chi connectivity index (χ0) is 8.55. The minimum Gasteiger partial charge on any atom is -0.357 e. The van der Waals surface area contributed by atoms with Crippen LogP contribution in [0.4, 0.5) is 5.13 Å². The highest BCUT2D eigenvalue weighted by Crippen LogP contribution is 2.36. The van der Waals surface area contributed by atoms with Crippen molar-refractivity contribution < 1.29 is 0 Å². The van der Waals surface area contributed by atoms with Crippen molar-refractivity contribution in [2.24, 2.45) is 5.92 Å². The number of aromatic nitrogens is 2. The summed E-state index contributed by atoms with van der Waals surface area (Å²) in [6, 6.07) is 0.669. The first-order chi connectivity index (χ1) is 5.79. The lowest BCUT2D eigenvalue weighted by atomic mass is 10.3. The molecule has 66 valence electrons. The molecule has 1 heterocycles. The average molecular weight is 183 g/mol. The van der Waals surface area contributed by atoms with Crippen molar-refractivity contribution in [2.45, 2.75) is 32.7 Å². The number of nitrogens with zero attached hydrogens (tertiary/aromatic N) is 2. The van der Waals surface area contributed by atoms with Crippen molar-refractivity contribution in [1.82, 2.24) is 10.2 Å². The van der Waals surface area contributed by atoms with E-state index in [4.69, 9.17) is 0 Å². The molecule has 1 N–H and O–H groups in total. The fraction of sp³-hybridized carbons (Fsp3) is 0.750. The van der Waals surface area contributed by atoms with Crippen molar-refractivity contribution in [3.63, 3.8) is 0 Å². The smallest absolute Gasteiger partial charge is 0.205 e. The van der Waals surface area contributed by atoms with Gasteiger partial charge in [0.1, 0.15) is 5.01 Å². The van der Waals surface area contributed by atoms with Crippen molar-refractivity contribution in [1.29, 1.82) is 0 Å². The molecule has 1 aromatic rings. The quantitative estimate of drug-likeness (QED) is 0.779. The first kappa shape index (κ1) is 7.98. The molecule has 1 saturated carbocycles. The molecule has 1 aliphatic carbocycles. The molecule has 0 bridgehead atoms. The Balaban J connectivity index is 1.89. The average Bonchev–Trinajstić information content (AvgIpc) is 2.67. The standard InChI is InChI=1S/C8H13N3S/c1-3-6-4-7(6)9-8-11-10-5(2)12-8/h6-7H,3-4H2,1-2H3,(H,9,11). The molecule has 0 radical (unpaired) electrons. The summed E-state index contributed by atoms with van der Waals surface area (Å²) in [5.74, 6) is 0.870. The highest BCUT2D eigenvalue weighted by molar-refractivity contribution is 7.15. The lowest BCUT2D eigenvalue weighted by molar-refractivity contribution is 0.773. The third-order valence-electron chi connectivity index (χ3n) is 2.28. The molecule has 1 aromatic heterocycles. The second kappa shape index (κ2) is 3.01. The second-order valence-electron chi connectivity index (χ2n) is 3.28. The van der Waals surface area contributed by atoms with Crippen LogP contribution in [-0.4, -0.2) is 16.2 Å². The Labute approximate surface area is 76.2 Å². The Morgan fingerprint density at radius 2 is 2.42 bits per heavy atom. The van der Waals surface area contributed by atoms with E-state index in [2.05, 4.69) is 22.4 Å². The van der Waals surface area contributed by atoms with Crippen molar-refractivity contribution in [3.05, 3.63) is 5.01 Å². The Morgan fingerprint density at radius 1 is 1.58 bits per heavy atom. The molecule has 0 saturated heterocycles. The second-order valence-corrected chi connectivity index (χ2v) is 4.46. The van der Waals surface area contributed by atoms with Gasteiger partial charge in [0, 0.05) is 6.04 Å². The van der Waals surface area contributed by atoms with Gasteiger partial charge in [-0.1, -0.05) is 24.7 Å². The van der Waals surface area contributed by atoms with Gasteiger partial charge in [-0.05, 0) is 19.3 Å². The number of rotatable bonds is 3. The third-order valence-corrected chi connectivity index (χ3v) is 3.05. The summed E-state index contributed by atoms with van der Waals surface area (Å²) in [4.78, 5) is 0. The summed E-state index contributed by atoms with van der Waals surface area (Å²) in [6.07, 6.45) is 2.57. The maximum atomic E-state index is 4.02. The molecule has 2 rings (SSSR count). The van der Waals surface area contributed by atoms with E-state index >= 15 is 0 Å². The number of anilines is 1. The summed E-state index contributed by atoms with van der Waals surface area (Å²) in [6.45, 7) is 4.21. The van der Waals surface area contributed by atoms with Gasteiger partial charge in [0.15, 0.2) is 0 Å². The highest BCUT2D eigenvalue weighted by atomic mass is 32.1. The van der Waals surface area contributed by atoms with E-state index in [9.17, 15) is 0 Å². The fourth-order valence-electron chi connectivity index (χ4n) is 1.39. The molecule has 2 atom stereocenters. The van der Waals surface area contributed by atoms with Crippen LogP contribution in [0, 0.1) is 12.8 Å².